The van der Waals surface area contributed by atoms with E-state index in [-0.39, 0.29) is 54.9 Å². The Bertz CT molecular complexity index is 3190. The molecule has 374 valence electrons. The number of anilines is 3. The van der Waals surface area contributed by atoms with Gasteiger partial charge < -0.3 is 28.9 Å². The second-order valence-corrected chi connectivity index (χ2v) is 23.7. The summed E-state index contributed by atoms with van der Waals surface area (Å²) in [6.07, 6.45) is 1.98. The summed E-state index contributed by atoms with van der Waals surface area (Å²) in [6.45, 7) is 8.09. The molecule has 9 rings (SSSR count). The van der Waals surface area contributed by atoms with Crippen LogP contribution in [0.3, 0.4) is 0 Å². The molecule has 0 saturated heterocycles. The van der Waals surface area contributed by atoms with Crippen LogP contribution in [0.4, 0.5) is 17.1 Å². The van der Waals surface area contributed by atoms with E-state index < -0.39 is 49.2 Å². The van der Waals surface area contributed by atoms with Crippen LogP contribution in [-0.4, -0.2) is 83.5 Å². The van der Waals surface area contributed by atoms with Gasteiger partial charge in [0.25, 0.3) is 32.1 Å². The average molecular weight is 1010 g/mol. The number of hydrogen-bond acceptors (Lipinski definition) is 11. The maximum atomic E-state index is 14.4. The monoisotopic (exact) mass is 1010 g/mol. The van der Waals surface area contributed by atoms with E-state index >= 15 is 0 Å². The van der Waals surface area contributed by atoms with E-state index in [1.54, 1.807) is 46.0 Å². The van der Waals surface area contributed by atoms with Gasteiger partial charge >= 0.3 is 0 Å². The van der Waals surface area contributed by atoms with Crippen LogP contribution in [0.15, 0.2) is 91.0 Å². The van der Waals surface area contributed by atoms with Crippen LogP contribution in [-0.2, 0) is 68.1 Å². The van der Waals surface area contributed by atoms with Crippen molar-refractivity contribution in [3.05, 3.63) is 141 Å². The summed E-state index contributed by atoms with van der Waals surface area (Å²) in [4.78, 5) is 47.3. The van der Waals surface area contributed by atoms with E-state index in [4.69, 9.17) is 18.4 Å². The quantitative estimate of drug-likeness (QED) is 0.0835. The Morgan fingerprint density at radius 2 is 1.25 bits per heavy atom. The van der Waals surface area contributed by atoms with Crippen molar-refractivity contribution < 1.29 is 54.2 Å². The van der Waals surface area contributed by atoms with E-state index in [1.807, 2.05) is 73.7 Å². The minimum absolute atomic E-state index is 0.0132. The highest BCUT2D eigenvalue weighted by Crippen LogP contribution is 2.44. The number of benzene rings is 5. The van der Waals surface area contributed by atoms with Crippen LogP contribution >= 0.6 is 0 Å². The molecule has 71 heavy (non-hydrogen) atoms. The lowest BCUT2D eigenvalue weighted by Crippen LogP contribution is -2.47. The number of hydrogen-bond donors (Lipinski definition) is 1. The molecule has 1 N–H and O–H groups in total. The lowest BCUT2D eigenvalue weighted by atomic mass is 9.90. The molecule has 15 nitrogen and oxygen atoms in total. The molecule has 4 aliphatic rings. The lowest BCUT2D eigenvalue weighted by Gasteiger charge is -2.28. The number of aryl methyl sites for hydroxylation is 1. The molecule has 0 saturated carbocycles. The molecule has 0 aromatic heterocycles. The largest absolute Gasteiger partial charge is 0.493 e. The second-order valence-electron chi connectivity index (χ2n) is 20.3. The highest BCUT2D eigenvalue weighted by Gasteiger charge is 2.48. The van der Waals surface area contributed by atoms with Crippen molar-refractivity contribution >= 4 is 55.0 Å². The fourth-order valence-electron chi connectivity index (χ4n) is 10.6. The van der Waals surface area contributed by atoms with Gasteiger partial charge in [-0.3, -0.25) is 23.1 Å². The Morgan fingerprint density at radius 1 is 0.704 bits per heavy atom. The first kappa shape index (κ1) is 49.7. The number of fused-ring (bicyclic) bond motifs is 8. The van der Waals surface area contributed by atoms with Gasteiger partial charge in [0, 0.05) is 53.6 Å². The topological polar surface area (TPSA) is 186 Å². The van der Waals surface area contributed by atoms with Crippen molar-refractivity contribution in [2.24, 2.45) is 11.3 Å². The Morgan fingerprint density at radius 3 is 1.85 bits per heavy atom. The van der Waals surface area contributed by atoms with Crippen molar-refractivity contribution in [1.82, 2.24) is 0 Å². The first-order valence-corrected chi connectivity index (χ1v) is 26.8. The highest BCUT2D eigenvalue weighted by molar-refractivity contribution is 7.87. The summed E-state index contributed by atoms with van der Waals surface area (Å²) in [5.74, 6) is -0.820. The Kier molecular flexibility index (Phi) is 13.3. The molecule has 2 unspecified atom stereocenters. The van der Waals surface area contributed by atoms with Gasteiger partial charge in [-0.25, -0.2) is 0 Å². The molecule has 0 spiro atoms. The number of carbonyl (C=O) groups is 3. The van der Waals surface area contributed by atoms with E-state index in [0.29, 0.717) is 93.2 Å². The minimum Gasteiger partial charge on any atom is -0.493 e. The zero-order chi connectivity index (χ0) is 50.7. The Labute approximate surface area is 415 Å². The van der Waals surface area contributed by atoms with E-state index in [2.05, 4.69) is 20.8 Å². The molecule has 5 aromatic rings. The Hall–Kier alpha value is -6.27. The third-order valence-corrected chi connectivity index (χ3v) is 16.8. The zero-order valence-electron chi connectivity index (χ0n) is 40.9. The summed E-state index contributed by atoms with van der Waals surface area (Å²) < 4.78 is 85.9. The van der Waals surface area contributed by atoms with Gasteiger partial charge in [-0.2, -0.15) is 16.8 Å². The number of rotatable bonds is 14. The van der Waals surface area contributed by atoms with Gasteiger partial charge in [-0.05, 0) is 138 Å². The van der Waals surface area contributed by atoms with E-state index in [1.165, 1.54) is 7.11 Å². The van der Waals surface area contributed by atoms with Gasteiger partial charge in [0.05, 0.1) is 26.0 Å². The molecule has 3 amide bonds. The fraction of sp³-hybridized carbons (Fsp3) is 0.389. The van der Waals surface area contributed by atoms with Gasteiger partial charge in [0.1, 0.15) is 24.2 Å². The van der Waals surface area contributed by atoms with Gasteiger partial charge in [-0.15, -0.1) is 0 Å². The fourth-order valence-corrected chi connectivity index (χ4v) is 12.7. The normalized spacial score (nSPS) is 19.4. The van der Waals surface area contributed by atoms with Crippen molar-refractivity contribution in [2.45, 2.75) is 96.8 Å². The Balaban J connectivity index is 1.02. The van der Waals surface area contributed by atoms with Crippen LogP contribution in [0, 0.1) is 18.3 Å². The lowest BCUT2D eigenvalue weighted by molar-refractivity contribution is -0.118. The smallest absolute Gasteiger partial charge is 0.272 e. The van der Waals surface area contributed by atoms with Gasteiger partial charge in [-0.1, -0.05) is 57.2 Å². The summed E-state index contributed by atoms with van der Waals surface area (Å²) in [7, 11) is -4.18. The minimum atomic E-state index is -4.42. The van der Waals surface area contributed by atoms with Crippen LogP contribution < -0.4 is 28.9 Å². The third kappa shape index (κ3) is 10.0. The average Bonchev–Trinajstić information content (AvgIpc) is 3.85. The number of ether oxygens (including phenoxy) is 3. The third-order valence-electron chi connectivity index (χ3n) is 14.3. The molecular formula is C54H59N3O12S2. The number of amides is 3. The molecule has 0 bridgehead atoms. The summed E-state index contributed by atoms with van der Waals surface area (Å²) in [6, 6.07) is 26.1. The summed E-state index contributed by atoms with van der Waals surface area (Å²) in [5.41, 5.74) is 7.53. The van der Waals surface area contributed by atoms with Crippen LogP contribution in [0.5, 0.6) is 17.2 Å². The molecule has 0 radical (unpaired) electrons. The first-order chi connectivity index (χ1) is 33.6. The molecule has 4 aliphatic heterocycles. The van der Waals surface area contributed by atoms with E-state index in [9.17, 15) is 35.8 Å². The molecule has 0 fully saturated rings. The highest BCUT2D eigenvalue weighted by atomic mass is 32.2. The molecule has 4 heterocycles. The van der Waals surface area contributed by atoms with Crippen molar-refractivity contribution in [2.75, 3.05) is 41.7 Å². The number of methoxy groups -OCH3 is 1. The molecule has 5 aromatic carbocycles. The van der Waals surface area contributed by atoms with Crippen LogP contribution in [0.25, 0.3) is 0 Å². The summed E-state index contributed by atoms with van der Waals surface area (Å²) >= 11 is 0. The van der Waals surface area contributed by atoms with Gasteiger partial charge in [0.2, 0.25) is 5.91 Å². The van der Waals surface area contributed by atoms with E-state index in [0.717, 1.165) is 18.2 Å². The van der Waals surface area contributed by atoms with Gasteiger partial charge in [0.15, 0.2) is 11.5 Å². The first-order valence-electron chi connectivity index (χ1n) is 23.7. The SMILES string of the molecule is COc1cc2c(cc1OCc1cc(COc3cc4c(cc3C)C(=O)N3c5ccccc5C[C@H]3C(S(=O)(=O)OC)C4)cc(N(C)C(=O)CCC(C)(C)C)c1)CC(CS(=O)(=O)O)[C@@H]1Cc3ccccc3N1C2=O. The molecule has 0 aliphatic carbocycles. The summed E-state index contributed by atoms with van der Waals surface area (Å²) in [5, 5.41) is -1.04. The standard InChI is InChI=1S/C54H59N3O12S2/c1-32-18-41-38(27-50(71(64,65)67-7)46-24-36-13-9-11-15-44(36)57(46)52(41)59)25-47(32)68-29-33-19-34(21-40(20-33)55(5)51(58)16-17-54(2,3)4)30-69-49-26-37-22-39(31-70(61,62)63)45-23-35-12-8-10-14-43(35)56(45)53(60)42(37)28-48(49)66-6/h8-15,18-21,25-26,28,39,45-46,50H,16-17,22-24,27,29-31H2,1-7H3,(H,61,62,63)/t39?,45-,46-,50?/m0/s1. The number of carbonyl (C=O) groups excluding carboxylic acids is 3. The molecule has 17 heteroatoms. The molecule has 4 atom stereocenters. The second kappa shape index (κ2) is 19.1. The predicted molar refractivity (Wildman–Crippen MR) is 270 cm³/mol. The van der Waals surface area contributed by atoms with Crippen molar-refractivity contribution in [3.63, 3.8) is 0 Å². The maximum absolute atomic E-state index is 14.4. The van der Waals surface area contributed by atoms with Crippen LogP contribution in [0.1, 0.15) is 93.3 Å². The number of nitrogens with zero attached hydrogens (tertiary/aromatic N) is 3. The molecular weight excluding hydrogens is 947 g/mol. The predicted octanol–water partition coefficient (Wildman–Crippen LogP) is 8.05. The van der Waals surface area contributed by atoms with Crippen molar-refractivity contribution in [1.29, 1.82) is 0 Å². The van der Waals surface area contributed by atoms with Crippen molar-refractivity contribution in [3.8, 4) is 17.2 Å². The zero-order valence-corrected chi connectivity index (χ0v) is 42.6. The van der Waals surface area contributed by atoms with Crippen LogP contribution in [0.2, 0.25) is 0 Å². The number of para-hydroxylation sites is 2. The maximum Gasteiger partial charge on any atom is 0.272 e.